The van der Waals surface area contributed by atoms with Crippen LogP contribution in [0.2, 0.25) is 0 Å². The van der Waals surface area contributed by atoms with Crippen molar-refractivity contribution in [3.63, 3.8) is 0 Å². The average molecular weight is 348 g/mol. The van der Waals surface area contributed by atoms with Crippen molar-refractivity contribution in [1.29, 1.82) is 0 Å². The van der Waals surface area contributed by atoms with E-state index in [1.54, 1.807) is 13.8 Å². The number of ketones is 1. The number of aryl methyl sites for hydroxylation is 1. The van der Waals surface area contributed by atoms with Gasteiger partial charge in [-0.1, -0.05) is 0 Å². The number of pyridine rings is 1. The zero-order chi connectivity index (χ0) is 18.5. The van der Waals surface area contributed by atoms with Crippen molar-refractivity contribution in [2.24, 2.45) is 0 Å². The van der Waals surface area contributed by atoms with Gasteiger partial charge in [-0.3, -0.25) is 19.2 Å². The van der Waals surface area contributed by atoms with E-state index in [4.69, 9.17) is 4.74 Å². The number of carbonyl (C=O) groups excluding carboxylic acids is 2. The Hall–Kier alpha value is -3.03. The largest absolute Gasteiger partial charge is 0.462 e. The summed E-state index contributed by atoms with van der Waals surface area (Å²) in [6.45, 7) is 4.44. The maximum absolute atomic E-state index is 13.7. The number of carbonyl (C=O) groups is 2. The summed E-state index contributed by atoms with van der Waals surface area (Å²) in [6.07, 6.45) is 0. The maximum Gasteiger partial charge on any atom is 0.344 e. The number of aromatic amines is 1. The van der Waals surface area contributed by atoms with Gasteiger partial charge in [-0.25, -0.2) is 13.6 Å². The quantitative estimate of drug-likeness (QED) is 0.583. The van der Waals surface area contributed by atoms with Gasteiger partial charge in [-0.05, 0) is 26.8 Å². The molecule has 0 aliphatic rings. The molecular formula is C17H14F2N2O4. The molecule has 0 fully saturated rings. The summed E-state index contributed by atoms with van der Waals surface area (Å²) in [6, 6.07) is 1.57. The summed E-state index contributed by atoms with van der Waals surface area (Å²) in [5, 5.41) is 2.62. The number of fused-ring (bicyclic) bond motifs is 3. The molecular weight excluding hydrogens is 334 g/mol. The molecule has 25 heavy (non-hydrogen) atoms. The second-order valence-electron chi connectivity index (χ2n) is 5.56. The van der Waals surface area contributed by atoms with Crippen LogP contribution in [0, 0.1) is 18.6 Å². The van der Waals surface area contributed by atoms with Crippen molar-refractivity contribution >= 4 is 28.2 Å². The van der Waals surface area contributed by atoms with Gasteiger partial charge < -0.3 is 4.74 Å². The highest BCUT2D eigenvalue weighted by molar-refractivity contribution is 6.10. The summed E-state index contributed by atoms with van der Waals surface area (Å²) >= 11 is 0. The molecule has 0 atom stereocenters. The van der Waals surface area contributed by atoms with E-state index in [1.165, 1.54) is 11.4 Å². The first-order valence-electron chi connectivity index (χ1n) is 7.52. The predicted octanol–water partition coefficient (Wildman–Crippen LogP) is 2.75. The Morgan fingerprint density at radius 1 is 1.20 bits per heavy atom. The molecule has 0 radical (unpaired) electrons. The van der Waals surface area contributed by atoms with Gasteiger partial charge in [0.2, 0.25) is 5.43 Å². The van der Waals surface area contributed by atoms with Gasteiger partial charge in [0.25, 0.3) is 0 Å². The van der Waals surface area contributed by atoms with Crippen LogP contribution in [0.3, 0.4) is 0 Å². The number of H-pyrrole nitrogens is 1. The number of nitrogens with zero attached hydrogens (tertiary/aromatic N) is 1. The fourth-order valence-corrected chi connectivity index (χ4v) is 2.96. The Bertz CT molecular complexity index is 1110. The van der Waals surface area contributed by atoms with Crippen LogP contribution in [-0.2, 0) is 4.74 Å². The van der Waals surface area contributed by atoms with E-state index in [2.05, 4.69) is 5.10 Å². The first-order valence-corrected chi connectivity index (χ1v) is 7.52. The van der Waals surface area contributed by atoms with Crippen LogP contribution in [-0.4, -0.2) is 28.0 Å². The molecule has 2 aromatic heterocycles. The van der Waals surface area contributed by atoms with Crippen LogP contribution < -0.4 is 5.43 Å². The van der Waals surface area contributed by atoms with Crippen molar-refractivity contribution < 1.29 is 23.1 Å². The molecule has 1 N–H and O–H groups in total. The van der Waals surface area contributed by atoms with E-state index in [-0.39, 0.29) is 34.4 Å². The van der Waals surface area contributed by atoms with Crippen LogP contribution >= 0.6 is 0 Å². The lowest BCUT2D eigenvalue weighted by Gasteiger charge is -2.09. The van der Waals surface area contributed by atoms with E-state index >= 15 is 0 Å². The molecule has 130 valence electrons. The van der Waals surface area contributed by atoms with E-state index < -0.39 is 28.6 Å². The molecule has 0 amide bonds. The Labute approximate surface area is 140 Å². The molecule has 0 aliphatic heterocycles. The summed E-state index contributed by atoms with van der Waals surface area (Å²) in [4.78, 5) is 37.1. The van der Waals surface area contributed by atoms with Crippen LogP contribution in [0.5, 0.6) is 0 Å². The number of nitrogens with one attached hydrogen (secondary N) is 1. The predicted molar refractivity (Wildman–Crippen MR) is 86.1 cm³/mol. The van der Waals surface area contributed by atoms with Crippen LogP contribution in [0.1, 0.15) is 40.3 Å². The van der Waals surface area contributed by atoms with Crippen LogP contribution in [0.4, 0.5) is 8.78 Å². The summed E-state index contributed by atoms with van der Waals surface area (Å²) in [5.74, 6) is -3.68. The fourth-order valence-electron chi connectivity index (χ4n) is 2.96. The number of hydrogen-bond acceptors (Lipinski definition) is 4. The molecule has 0 unspecified atom stereocenters. The van der Waals surface area contributed by atoms with Gasteiger partial charge in [0.1, 0.15) is 5.56 Å². The zero-order valence-electron chi connectivity index (χ0n) is 13.7. The van der Waals surface area contributed by atoms with Crippen LogP contribution in [0.15, 0.2) is 16.9 Å². The van der Waals surface area contributed by atoms with E-state index in [0.717, 1.165) is 12.1 Å². The summed E-state index contributed by atoms with van der Waals surface area (Å²) in [7, 11) is 0. The minimum absolute atomic E-state index is 0.00745. The third-order valence-corrected chi connectivity index (χ3v) is 3.93. The second kappa shape index (κ2) is 5.80. The lowest BCUT2D eigenvalue weighted by Crippen LogP contribution is -2.21. The van der Waals surface area contributed by atoms with Gasteiger partial charge in [0.15, 0.2) is 17.4 Å². The molecule has 2 heterocycles. The number of hydrogen-bond donors (Lipinski definition) is 1. The lowest BCUT2D eigenvalue weighted by molar-refractivity contribution is 0.0527. The average Bonchev–Trinajstić information content (AvgIpc) is 2.87. The Balaban J connectivity index is 2.63. The number of aromatic nitrogens is 2. The monoisotopic (exact) mass is 348 g/mol. The lowest BCUT2D eigenvalue weighted by atomic mass is 10.0. The number of ether oxygens (including phenoxy) is 1. The molecule has 0 bridgehead atoms. The van der Waals surface area contributed by atoms with Gasteiger partial charge in [-0.2, -0.15) is 0 Å². The number of halogens is 2. The van der Waals surface area contributed by atoms with Gasteiger partial charge in [0.05, 0.1) is 28.6 Å². The standard InChI is InChI=1S/C17H14F2N2O4/c1-4-25-17(24)14-15-13(8(3)22)7(2)20-21(15)12-6-11(19)10(18)5-9(12)16(14)23/h5-6,20H,4H2,1-3H3. The van der Waals surface area contributed by atoms with E-state index in [0.29, 0.717) is 5.69 Å². The topological polar surface area (TPSA) is 80.6 Å². The minimum atomic E-state index is -1.21. The third-order valence-electron chi connectivity index (χ3n) is 3.93. The summed E-state index contributed by atoms with van der Waals surface area (Å²) in [5.41, 5.74) is -0.709. The molecule has 1 aromatic carbocycles. The highest BCUT2D eigenvalue weighted by Crippen LogP contribution is 2.25. The number of rotatable bonds is 3. The highest BCUT2D eigenvalue weighted by Gasteiger charge is 2.26. The number of Topliss-reactive ketones (excluding diaryl/α,β-unsaturated/α-hetero) is 1. The normalized spacial score (nSPS) is 11.2. The molecule has 0 saturated heterocycles. The van der Waals surface area contributed by atoms with Crippen molar-refractivity contribution in [3.05, 3.63) is 50.8 Å². The zero-order valence-corrected chi connectivity index (χ0v) is 13.7. The van der Waals surface area contributed by atoms with Crippen molar-refractivity contribution in [1.82, 2.24) is 9.61 Å². The molecule has 6 nitrogen and oxygen atoms in total. The fraction of sp³-hybridized carbons (Fsp3) is 0.235. The molecule has 8 heteroatoms. The molecule has 0 spiro atoms. The number of benzene rings is 1. The van der Waals surface area contributed by atoms with Gasteiger partial charge in [-0.15, -0.1) is 0 Å². The molecule has 3 aromatic rings. The van der Waals surface area contributed by atoms with Gasteiger partial charge >= 0.3 is 5.97 Å². The highest BCUT2D eigenvalue weighted by atomic mass is 19.2. The molecule has 0 saturated carbocycles. The van der Waals surface area contributed by atoms with Gasteiger partial charge in [0, 0.05) is 11.8 Å². The van der Waals surface area contributed by atoms with E-state index in [9.17, 15) is 23.2 Å². The van der Waals surface area contributed by atoms with Crippen molar-refractivity contribution in [3.8, 4) is 0 Å². The Morgan fingerprint density at radius 2 is 1.84 bits per heavy atom. The Morgan fingerprint density at radius 3 is 2.44 bits per heavy atom. The molecule has 3 rings (SSSR count). The smallest absolute Gasteiger partial charge is 0.344 e. The minimum Gasteiger partial charge on any atom is -0.462 e. The van der Waals surface area contributed by atoms with Crippen molar-refractivity contribution in [2.75, 3.05) is 6.61 Å². The number of esters is 1. The maximum atomic E-state index is 13.7. The third kappa shape index (κ3) is 2.41. The summed E-state index contributed by atoms with van der Waals surface area (Å²) < 4.78 is 33.5. The molecule has 0 aliphatic carbocycles. The van der Waals surface area contributed by atoms with Crippen LogP contribution in [0.25, 0.3) is 16.4 Å². The van der Waals surface area contributed by atoms with Crippen molar-refractivity contribution in [2.45, 2.75) is 20.8 Å². The second-order valence-corrected chi connectivity index (χ2v) is 5.56. The first-order chi connectivity index (χ1) is 11.8. The first kappa shape index (κ1) is 16.8. The van der Waals surface area contributed by atoms with E-state index in [1.807, 2.05) is 0 Å². The Kier molecular flexibility index (Phi) is 3.90. The SMILES string of the molecule is CCOC(=O)c1c(=O)c2cc(F)c(F)cc2n2[nH]c(C)c(C(C)=O)c12.